The van der Waals surface area contributed by atoms with Crippen LogP contribution in [-0.2, 0) is 24.1 Å². The first-order valence-electron chi connectivity index (χ1n) is 11.1. The van der Waals surface area contributed by atoms with Crippen molar-refractivity contribution in [2.75, 3.05) is 13.6 Å². The molecule has 2 unspecified atom stereocenters. The number of ether oxygens (including phenoxy) is 1. The molecule has 1 aromatic carbocycles. The van der Waals surface area contributed by atoms with Crippen LogP contribution >= 0.6 is 15.9 Å². The number of aromatic nitrogens is 1. The third-order valence-corrected chi connectivity index (χ3v) is 7.00. The minimum atomic E-state index is -0.517. The standard InChI is InChI=1S/C25H32BrN3O2/c1-25(2,3)31-24(30)29-15-18-9-5-11-21(26)20(18)14-19(29)16-28(4)22-12-6-8-17-10-7-13-27-23(17)22/h5,7,9-11,13,19,22H,6,8,12,14-16H2,1-4H3. The molecular weight excluding hydrogens is 454 g/mol. The molecule has 0 fully saturated rings. The molecule has 1 aliphatic heterocycles. The lowest BCUT2D eigenvalue weighted by molar-refractivity contribution is 0.00639. The van der Waals surface area contributed by atoms with Gasteiger partial charge < -0.3 is 4.74 Å². The van der Waals surface area contributed by atoms with Gasteiger partial charge in [0.2, 0.25) is 0 Å². The molecule has 0 N–H and O–H groups in total. The van der Waals surface area contributed by atoms with Crippen LogP contribution in [0.4, 0.5) is 4.79 Å². The van der Waals surface area contributed by atoms with Gasteiger partial charge in [-0.2, -0.15) is 0 Å². The molecule has 1 aromatic heterocycles. The first-order valence-corrected chi connectivity index (χ1v) is 11.9. The van der Waals surface area contributed by atoms with Crippen molar-refractivity contribution in [1.82, 2.24) is 14.8 Å². The van der Waals surface area contributed by atoms with E-state index in [1.165, 1.54) is 28.8 Å². The smallest absolute Gasteiger partial charge is 0.410 e. The zero-order valence-corrected chi connectivity index (χ0v) is 20.5. The highest BCUT2D eigenvalue weighted by atomic mass is 79.9. The molecule has 0 saturated carbocycles. The minimum absolute atomic E-state index is 0.0418. The summed E-state index contributed by atoms with van der Waals surface area (Å²) in [6.45, 7) is 7.11. The van der Waals surface area contributed by atoms with E-state index in [1.807, 2.05) is 44.0 Å². The van der Waals surface area contributed by atoms with E-state index < -0.39 is 5.60 Å². The monoisotopic (exact) mass is 485 g/mol. The number of rotatable bonds is 3. The molecule has 2 atom stereocenters. The molecule has 5 nitrogen and oxygen atoms in total. The molecule has 1 aliphatic carbocycles. The van der Waals surface area contributed by atoms with E-state index in [-0.39, 0.29) is 18.2 Å². The zero-order chi connectivity index (χ0) is 22.2. The zero-order valence-electron chi connectivity index (χ0n) is 18.9. The number of aryl methyl sites for hydroxylation is 1. The Balaban J connectivity index is 1.59. The van der Waals surface area contributed by atoms with Gasteiger partial charge in [-0.3, -0.25) is 14.8 Å². The number of nitrogens with zero attached hydrogens (tertiary/aromatic N) is 3. The summed E-state index contributed by atoms with van der Waals surface area (Å²) < 4.78 is 6.90. The number of amides is 1. The highest BCUT2D eigenvalue weighted by Crippen LogP contribution is 2.35. The number of pyridine rings is 1. The Labute approximate surface area is 193 Å². The normalized spacial score (nSPS) is 20.9. The van der Waals surface area contributed by atoms with Gasteiger partial charge >= 0.3 is 6.09 Å². The summed E-state index contributed by atoms with van der Waals surface area (Å²) in [5, 5.41) is 0. The van der Waals surface area contributed by atoms with Crippen molar-refractivity contribution < 1.29 is 9.53 Å². The van der Waals surface area contributed by atoms with Crippen LogP contribution in [0.3, 0.4) is 0 Å². The highest BCUT2D eigenvalue weighted by Gasteiger charge is 2.36. The van der Waals surface area contributed by atoms with E-state index in [4.69, 9.17) is 9.72 Å². The van der Waals surface area contributed by atoms with Crippen molar-refractivity contribution in [3.8, 4) is 0 Å². The summed E-state index contributed by atoms with van der Waals surface area (Å²) in [4.78, 5) is 22.1. The van der Waals surface area contributed by atoms with Crippen LogP contribution in [0.1, 0.15) is 62.0 Å². The highest BCUT2D eigenvalue weighted by molar-refractivity contribution is 9.10. The molecule has 2 aromatic rings. The van der Waals surface area contributed by atoms with Crippen LogP contribution in [0.25, 0.3) is 0 Å². The fraction of sp³-hybridized carbons (Fsp3) is 0.520. The first-order chi connectivity index (χ1) is 14.7. The Kier molecular flexibility index (Phi) is 6.40. The number of carbonyl (C=O) groups excluding carboxylic acids is 1. The summed E-state index contributed by atoms with van der Waals surface area (Å²) in [7, 11) is 2.16. The number of likely N-dealkylation sites (N-methyl/N-ethyl adjacent to an activating group) is 1. The fourth-order valence-electron chi connectivity index (χ4n) is 4.81. The van der Waals surface area contributed by atoms with Crippen LogP contribution in [0.15, 0.2) is 41.0 Å². The van der Waals surface area contributed by atoms with E-state index in [9.17, 15) is 4.79 Å². The Bertz CT molecular complexity index is 956. The van der Waals surface area contributed by atoms with Gasteiger partial charge in [-0.25, -0.2) is 4.79 Å². The average Bonchev–Trinajstić information content (AvgIpc) is 2.72. The van der Waals surface area contributed by atoms with E-state index in [1.54, 1.807) is 0 Å². The lowest BCUT2D eigenvalue weighted by Gasteiger charge is -2.41. The summed E-state index contributed by atoms with van der Waals surface area (Å²) in [5.74, 6) is 0. The van der Waals surface area contributed by atoms with Crippen molar-refractivity contribution in [1.29, 1.82) is 0 Å². The maximum Gasteiger partial charge on any atom is 0.410 e. The molecule has 4 rings (SSSR count). The first kappa shape index (κ1) is 22.3. The number of hydrogen-bond acceptors (Lipinski definition) is 4. The maximum absolute atomic E-state index is 13.1. The largest absolute Gasteiger partial charge is 0.444 e. The second kappa shape index (κ2) is 8.91. The molecule has 1 amide bonds. The van der Waals surface area contributed by atoms with Gasteiger partial charge in [0.05, 0.1) is 17.8 Å². The van der Waals surface area contributed by atoms with Gasteiger partial charge in [0.1, 0.15) is 5.60 Å². The minimum Gasteiger partial charge on any atom is -0.444 e. The topological polar surface area (TPSA) is 45.7 Å². The Hall–Kier alpha value is -1.92. The van der Waals surface area contributed by atoms with E-state index in [2.05, 4.69) is 46.1 Å². The van der Waals surface area contributed by atoms with Crippen molar-refractivity contribution in [3.05, 3.63) is 63.4 Å². The van der Waals surface area contributed by atoms with E-state index in [0.717, 1.165) is 30.3 Å². The molecule has 0 spiro atoms. The third kappa shape index (κ3) is 4.96. The molecule has 2 heterocycles. The number of halogens is 1. The Morgan fingerprint density at radius 1 is 1.26 bits per heavy atom. The molecule has 2 aliphatic rings. The van der Waals surface area contributed by atoms with Crippen LogP contribution < -0.4 is 0 Å². The van der Waals surface area contributed by atoms with Crippen molar-refractivity contribution >= 4 is 22.0 Å². The molecule has 0 saturated heterocycles. The van der Waals surface area contributed by atoms with Crippen LogP contribution in [0.5, 0.6) is 0 Å². The van der Waals surface area contributed by atoms with E-state index in [0.29, 0.717) is 6.54 Å². The quantitative estimate of drug-likeness (QED) is 0.574. The van der Waals surface area contributed by atoms with Gasteiger partial charge in [-0.05, 0) is 82.3 Å². The third-order valence-electron chi connectivity index (χ3n) is 6.26. The lowest BCUT2D eigenvalue weighted by atomic mass is 9.89. The molecule has 166 valence electrons. The number of hydrogen-bond donors (Lipinski definition) is 0. The Morgan fingerprint density at radius 3 is 2.81 bits per heavy atom. The van der Waals surface area contributed by atoms with Gasteiger partial charge in [0, 0.05) is 23.8 Å². The van der Waals surface area contributed by atoms with Gasteiger partial charge in [-0.15, -0.1) is 0 Å². The summed E-state index contributed by atoms with van der Waals surface area (Å²) in [5.41, 5.74) is 4.51. The van der Waals surface area contributed by atoms with Gasteiger partial charge in [-0.1, -0.05) is 34.1 Å². The second-order valence-electron chi connectivity index (χ2n) is 9.74. The summed E-state index contributed by atoms with van der Waals surface area (Å²) in [6.07, 6.45) is 5.83. The van der Waals surface area contributed by atoms with Crippen LogP contribution in [0.2, 0.25) is 0 Å². The van der Waals surface area contributed by atoms with Crippen molar-refractivity contribution in [3.63, 3.8) is 0 Å². The number of fused-ring (bicyclic) bond motifs is 2. The molecule has 0 radical (unpaired) electrons. The van der Waals surface area contributed by atoms with Crippen LogP contribution in [0, 0.1) is 0 Å². The maximum atomic E-state index is 13.1. The van der Waals surface area contributed by atoms with Crippen molar-refractivity contribution in [2.45, 2.75) is 70.7 Å². The molecule has 31 heavy (non-hydrogen) atoms. The predicted octanol–water partition coefficient (Wildman–Crippen LogP) is 5.52. The second-order valence-corrected chi connectivity index (χ2v) is 10.6. The Morgan fingerprint density at radius 2 is 2.03 bits per heavy atom. The number of benzene rings is 1. The predicted molar refractivity (Wildman–Crippen MR) is 126 cm³/mol. The van der Waals surface area contributed by atoms with Crippen molar-refractivity contribution in [2.24, 2.45) is 0 Å². The fourth-order valence-corrected chi connectivity index (χ4v) is 5.38. The van der Waals surface area contributed by atoms with E-state index >= 15 is 0 Å². The van der Waals surface area contributed by atoms with Crippen LogP contribution in [-0.4, -0.2) is 46.1 Å². The van der Waals surface area contributed by atoms with Gasteiger partial charge in [0.25, 0.3) is 0 Å². The average molecular weight is 486 g/mol. The lowest BCUT2D eigenvalue weighted by Crippen LogP contribution is -2.51. The summed E-state index contributed by atoms with van der Waals surface area (Å²) in [6, 6.07) is 10.8. The molecular formula is C25H32BrN3O2. The number of carbonyl (C=O) groups is 1. The molecule has 6 heteroatoms. The molecule has 0 bridgehead atoms. The SMILES string of the molecule is CN(CC1Cc2c(Br)cccc2CN1C(=O)OC(C)(C)C)C1CCCc2cccnc21. The van der Waals surface area contributed by atoms with Gasteiger partial charge in [0.15, 0.2) is 0 Å². The summed E-state index contributed by atoms with van der Waals surface area (Å²) >= 11 is 3.72.